The Bertz CT molecular complexity index is 1090. The van der Waals surface area contributed by atoms with Crippen molar-refractivity contribution in [3.8, 4) is 11.5 Å². The first kappa shape index (κ1) is 24.0. The van der Waals surface area contributed by atoms with Gasteiger partial charge in [0.25, 0.3) is 5.91 Å². The maximum absolute atomic E-state index is 12.8. The van der Waals surface area contributed by atoms with Crippen molar-refractivity contribution in [1.29, 1.82) is 0 Å². The number of para-hydroxylation sites is 2. The van der Waals surface area contributed by atoms with Crippen LogP contribution in [0.25, 0.3) is 0 Å². The molecule has 1 fully saturated rings. The Morgan fingerprint density at radius 2 is 2.00 bits per heavy atom. The summed E-state index contributed by atoms with van der Waals surface area (Å²) in [4.78, 5) is 21.7. The molecule has 0 aliphatic carbocycles. The molecule has 7 nitrogen and oxygen atoms in total. The van der Waals surface area contributed by atoms with E-state index >= 15 is 0 Å². The van der Waals surface area contributed by atoms with Crippen molar-refractivity contribution in [2.75, 3.05) is 45.8 Å². The number of ether oxygens (including phenoxy) is 2. The number of piperidine rings is 1. The summed E-state index contributed by atoms with van der Waals surface area (Å²) in [6.45, 7) is 3.41. The van der Waals surface area contributed by atoms with Gasteiger partial charge < -0.3 is 19.7 Å². The lowest BCUT2D eigenvalue weighted by Crippen LogP contribution is -2.40. The van der Waals surface area contributed by atoms with Crippen LogP contribution in [0.15, 0.2) is 53.9 Å². The minimum atomic E-state index is -0.115. The maximum Gasteiger partial charge on any atom is 0.270 e. The van der Waals surface area contributed by atoms with Crippen molar-refractivity contribution >= 4 is 28.1 Å². The predicted octanol–water partition coefficient (Wildman–Crippen LogP) is 4.57. The van der Waals surface area contributed by atoms with E-state index in [2.05, 4.69) is 21.3 Å². The van der Waals surface area contributed by atoms with Crippen LogP contribution in [0.1, 0.15) is 28.9 Å². The third-order valence-electron chi connectivity index (χ3n) is 6.19. The van der Waals surface area contributed by atoms with Gasteiger partial charge in [0.05, 0.1) is 14.2 Å². The van der Waals surface area contributed by atoms with E-state index in [1.165, 1.54) is 11.3 Å². The molecule has 2 heterocycles. The zero-order chi connectivity index (χ0) is 23.9. The second-order valence-corrected chi connectivity index (χ2v) is 9.35. The fourth-order valence-corrected chi connectivity index (χ4v) is 5.18. The molecule has 0 radical (unpaired) electrons. The molecular weight excluding hydrogens is 448 g/mol. The molecule has 1 aliphatic heterocycles. The Labute approximate surface area is 205 Å². The van der Waals surface area contributed by atoms with E-state index in [4.69, 9.17) is 9.47 Å². The molecular formula is C26H32N4O3S. The second-order valence-electron chi connectivity index (χ2n) is 8.52. The van der Waals surface area contributed by atoms with Gasteiger partial charge in [-0.2, -0.15) is 0 Å². The Balaban J connectivity index is 1.31. The summed E-state index contributed by atoms with van der Waals surface area (Å²) in [7, 11) is 5.30. The minimum Gasteiger partial charge on any atom is -0.493 e. The number of hydrogen-bond donors (Lipinski definition) is 1. The van der Waals surface area contributed by atoms with Crippen molar-refractivity contribution in [3.63, 3.8) is 0 Å². The van der Waals surface area contributed by atoms with Gasteiger partial charge in [-0.05, 0) is 43.5 Å². The van der Waals surface area contributed by atoms with Crippen LogP contribution >= 0.6 is 11.3 Å². The third kappa shape index (κ3) is 5.69. The standard InChI is InChI=1S/C26H32N4O3S/c1-29(21-11-5-4-6-12-21)26-28-22(18-34-26)25(31)27-15-19-9-8-14-30(16-19)17-20-10-7-13-23(32-2)24(20)33-3/h4-7,10-13,18-19H,8-9,14-17H2,1-3H3,(H,27,31)/t19-/m0/s1. The third-order valence-corrected chi connectivity index (χ3v) is 7.11. The van der Waals surface area contributed by atoms with Gasteiger partial charge in [0.1, 0.15) is 5.69 Å². The van der Waals surface area contributed by atoms with Gasteiger partial charge in [-0.1, -0.05) is 30.3 Å². The van der Waals surface area contributed by atoms with Crippen molar-refractivity contribution in [2.24, 2.45) is 5.92 Å². The van der Waals surface area contributed by atoms with Crippen molar-refractivity contribution in [2.45, 2.75) is 19.4 Å². The number of nitrogens with one attached hydrogen (secondary N) is 1. The van der Waals surface area contributed by atoms with E-state index < -0.39 is 0 Å². The van der Waals surface area contributed by atoms with Crippen molar-refractivity contribution in [3.05, 3.63) is 65.2 Å². The molecule has 8 heteroatoms. The second kappa shape index (κ2) is 11.4. The molecule has 0 spiro atoms. The zero-order valence-corrected chi connectivity index (χ0v) is 20.8. The molecule has 1 N–H and O–H groups in total. The zero-order valence-electron chi connectivity index (χ0n) is 20.0. The molecule has 1 aliphatic rings. The lowest BCUT2D eigenvalue weighted by atomic mass is 9.97. The first-order valence-electron chi connectivity index (χ1n) is 11.5. The molecule has 3 aromatic rings. The summed E-state index contributed by atoms with van der Waals surface area (Å²) in [6.07, 6.45) is 2.21. The molecule has 2 aromatic carbocycles. The molecule has 1 atom stereocenters. The highest BCUT2D eigenvalue weighted by Gasteiger charge is 2.23. The van der Waals surface area contributed by atoms with E-state index in [-0.39, 0.29) is 5.91 Å². The Kier molecular flexibility index (Phi) is 8.03. The van der Waals surface area contributed by atoms with E-state index in [0.29, 0.717) is 18.2 Å². The number of aromatic nitrogens is 1. The summed E-state index contributed by atoms with van der Waals surface area (Å²) in [5, 5.41) is 5.73. The van der Waals surface area contributed by atoms with Gasteiger partial charge in [-0.25, -0.2) is 4.98 Å². The van der Waals surface area contributed by atoms with Gasteiger partial charge in [-0.3, -0.25) is 9.69 Å². The van der Waals surface area contributed by atoms with Crippen LogP contribution in [0.5, 0.6) is 11.5 Å². The number of anilines is 2. The van der Waals surface area contributed by atoms with Crippen LogP contribution in [-0.4, -0.2) is 56.7 Å². The average molecular weight is 481 g/mol. The maximum atomic E-state index is 12.8. The molecule has 34 heavy (non-hydrogen) atoms. The number of thiazole rings is 1. The van der Waals surface area contributed by atoms with Gasteiger partial charge in [0, 0.05) is 43.3 Å². The summed E-state index contributed by atoms with van der Waals surface area (Å²) >= 11 is 1.47. The first-order chi connectivity index (χ1) is 16.6. The van der Waals surface area contributed by atoms with E-state index in [9.17, 15) is 4.79 Å². The Hall–Kier alpha value is -3.10. The van der Waals surface area contributed by atoms with E-state index in [0.717, 1.165) is 60.4 Å². The average Bonchev–Trinajstić information content (AvgIpc) is 3.38. The summed E-state index contributed by atoms with van der Waals surface area (Å²) in [5.74, 6) is 1.83. The van der Waals surface area contributed by atoms with Crippen molar-refractivity contribution in [1.82, 2.24) is 15.2 Å². The van der Waals surface area contributed by atoms with Crippen LogP contribution in [0, 0.1) is 5.92 Å². The Morgan fingerprint density at radius 3 is 2.76 bits per heavy atom. The number of nitrogens with zero attached hydrogens (tertiary/aromatic N) is 3. The van der Waals surface area contributed by atoms with Crippen LogP contribution in [0.3, 0.4) is 0 Å². The Morgan fingerprint density at radius 1 is 1.18 bits per heavy atom. The number of methoxy groups -OCH3 is 2. The summed E-state index contributed by atoms with van der Waals surface area (Å²) in [6, 6.07) is 16.0. The van der Waals surface area contributed by atoms with Crippen LogP contribution < -0.4 is 19.7 Å². The number of rotatable bonds is 9. The number of amides is 1. The number of hydrogen-bond acceptors (Lipinski definition) is 7. The van der Waals surface area contributed by atoms with Crippen LogP contribution in [0.2, 0.25) is 0 Å². The largest absolute Gasteiger partial charge is 0.493 e. The van der Waals surface area contributed by atoms with E-state index in [1.807, 2.05) is 59.8 Å². The lowest BCUT2D eigenvalue weighted by Gasteiger charge is -2.33. The van der Waals surface area contributed by atoms with Crippen molar-refractivity contribution < 1.29 is 14.3 Å². The highest BCUT2D eigenvalue weighted by molar-refractivity contribution is 7.14. The van der Waals surface area contributed by atoms with Gasteiger partial charge >= 0.3 is 0 Å². The highest BCUT2D eigenvalue weighted by Crippen LogP contribution is 2.32. The normalized spacial score (nSPS) is 16.1. The summed E-state index contributed by atoms with van der Waals surface area (Å²) in [5.41, 5.74) is 2.62. The quantitative estimate of drug-likeness (QED) is 0.484. The highest BCUT2D eigenvalue weighted by atomic mass is 32.1. The molecule has 1 saturated heterocycles. The molecule has 180 valence electrons. The first-order valence-corrected chi connectivity index (χ1v) is 12.4. The van der Waals surface area contributed by atoms with Gasteiger partial charge in [0.2, 0.25) is 0 Å². The number of benzene rings is 2. The SMILES string of the molecule is COc1cccc(CN2CCC[C@@H](CNC(=O)c3csc(N(C)c4ccccc4)n3)C2)c1OC. The molecule has 0 saturated carbocycles. The molecule has 0 unspecified atom stereocenters. The van der Waals surface area contributed by atoms with Gasteiger partial charge in [0.15, 0.2) is 16.6 Å². The topological polar surface area (TPSA) is 66.9 Å². The molecule has 1 aromatic heterocycles. The molecule has 1 amide bonds. The van der Waals surface area contributed by atoms with Gasteiger partial charge in [-0.15, -0.1) is 11.3 Å². The number of carbonyl (C=O) groups excluding carboxylic acids is 1. The predicted molar refractivity (Wildman–Crippen MR) is 136 cm³/mol. The molecule has 4 rings (SSSR count). The monoisotopic (exact) mass is 480 g/mol. The number of likely N-dealkylation sites (tertiary alicyclic amines) is 1. The van der Waals surface area contributed by atoms with Crippen LogP contribution in [0.4, 0.5) is 10.8 Å². The fourth-order valence-electron chi connectivity index (χ4n) is 4.39. The number of carbonyl (C=O) groups is 1. The lowest BCUT2D eigenvalue weighted by molar-refractivity contribution is 0.0926. The summed E-state index contributed by atoms with van der Waals surface area (Å²) < 4.78 is 11.0. The minimum absolute atomic E-state index is 0.115. The molecule has 0 bridgehead atoms. The van der Waals surface area contributed by atoms with Crippen LogP contribution in [-0.2, 0) is 6.54 Å². The van der Waals surface area contributed by atoms with E-state index in [1.54, 1.807) is 14.2 Å². The fraction of sp³-hybridized carbons (Fsp3) is 0.385. The smallest absolute Gasteiger partial charge is 0.270 e.